The minimum Gasteiger partial charge on any atom is -0.354 e. The van der Waals surface area contributed by atoms with Gasteiger partial charge in [0.2, 0.25) is 23.6 Å². The molecule has 0 spiro atoms. The molecule has 124 valence electrons. The van der Waals surface area contributed by atoms with Crippen LogP contribution >= 0.6 is 25.3 Å². The van der Waals surface area contributed by atoms with E-state index >= 15 is 0 Å². The molecule has 0 aromatic heterocycles. The van der Waals surface area contributed by atoms with Gasteiger partial charge >= 0.3 is 0 Å². The first-order chi connectivity index (χ1) is 10.5. The fourth-order valence-corrected chi connectivity index (χ4v) is 2.28. The summed E-state index contributed by atoms with van der Waals surface area (Å²) in [7, 11) is 0. The molecule has 0 unspecified atom stereocenters. The van der Waals surface area contributed by atoms with Crippen LogP contribution in [0.15, 0.2) is 0 Å². The van der Waals surface area contributed by atoms with Crippen LogP contribution in [0, 0.1) is 0 Å². The molecule has 1 fully saturated rings. The molecule has 0 saturated carbocycles. The summed E-state index contributed by atoms with van der Waals surface area (Å²) < 4.78 is 0. The highest BCUT2D eigenvalue weighted by Crippen LogP contribution is 1.95. The lowest BCUT2D eigenvalue weighted by Crippen LogP contribution is -2.52. The monoisotopic (exact) mass is 348 g/mol. The van der Waals surface area contributed by atoms with Crippen molar-refractivity contribution < 1.29 is 19.2 Å². The van der Waals surface area contributed by atoms with Gasteiger partial charge in [0.05, 0.1) is 0 Å². The third-order valence-electron chi connectivity index (χ3n) is 2.97. The van der Waals surface area contributed by atoms with Crippen LogP contribution in [0.2, 0.25) is 0 Å². The number of thiol groups is 2. The minimum absolute atomic E-state index is 0.0243. The molecule has 8 nitrogen and oxygen atoms in total. The van der Waals surface area contributed by atoms with Gasteiger partial charge in [-0.3, -0.25) is 19.2 Å². The maximum absolute atomic E-state index is 11.9. The predicted octanol–water partition coefficient (Wildman–Crippen LogP) is -2.16. The first kappa shape index (κ1) is 18.6. The molecule has 1 aliphatic heterocycles. The second-order valence-corrected chi connectivity index (χ2v) is 5.42. The summed E-state index contributed by atoms with van der Waals surface area (Å²) in [6, 6.07) is -1.55. The lowest BCUT2D eigenvalue weighted by Gasteiger charge is -2.19. The van der Waals surface area contributed by atoms with E-state index in [0.29, 0.717) is 0 Å². The molecule has 22 heavy (non-hydrogen) atoms. The molecule has 4 amide bonds. The van der Waals surface area contributed by atoms with E-state index in [9.17, 15) is 19.2 Å². The van der Waals surface area contributed by atoms with E-state index in [0.717, 1.165) is 0 Å². The van der Waals surface area contributed by atoms with Crippen LogP contribution in [0.25, 0.3) is 0 Å². The number of hydrogen-bond donors (Lipinski definition) is 6. The molecule has 1 rings (SSSR count). The molecule has 10 heteroatoms. The topological polar surface area (TPSA) is 116 Å². The van der Waals surface area contributed by atoms with E-state index in [1.807, 2.05) is 0 Å². The number of rotatable bonds is 2. The smallest absolute Gasteiger partial charge is 0.243 e. The maximum Gasteiger partial charge on any atom is 0.243 e. The second-order valence-electron chi connectivity index (χ2n) is 4.69. The highest BCUT2D eigenvalue weighted by atomic mass is 32.1. The Morgan fingerprint density at radius 3 is 1.45 bits per heavy atom. The average Bonchev–Trinajstić information content (AvgIpc) is 2.49. The third kappa shape index (κ3) is 6.14. The molecule has 0 aliphatic carbocycles. The van der Waals surface area contributed by atoms with Crippen LogP contribution in [0.4, 0.5) is 0 Å². The van der Waals surface area contributed by atoms with Gasteiger partial charge in [0.1, 0.15) is 12.1 Å². The molecular weight excluding hydrogens is 328 g/mol. The molecule has 4 N–H and O–H groups in total. The van der Waals surface area contributed by atoms with Crippen LogP contribution in [0.1, 0.15) is 12.8 Å². The number of hydrogen-bond acceptors (Lipinski definition) is 6. The molecule has 2 atom stereocenters. The highest BCUT2D eigenvalue weighted by Gasteiger charge is 2.22. The second kappa shape index (κ2) is 9.57. The molecule has 0 aromatic carbocycles. The zero-order valence-electron chi connectivity index (χ0n) is 11.9. The van der Waals surface area contributed by atoms with Gasteiger partial charge in [-0.15, -0.1) is 0 Å². The van der Waals surface area contributed by atoms with Crippen LogP contribution in [0.5, 0.6) is 0 Å². The van der Waals surface area contributed by atoms with Crippen LogP contribution < -0.4 is 21.3 Å². The Hall–Kier alpha value is -1.42. The van der Waals surface area contributed by atoms with Crippen molar-refractivity contribution >= 4 is 48.9 Å². The fraction of sp³-hybridized carbons (Fsp3) is 0.667. The van der Waals surface area contributed by atoms with Gasteiger partial charge in [-0.25, -0.2) is 0 Å². The Morgan fingerprint density at radius 2 is 1.14 bits per heavy atom. The Morgan fingerprint density at radius 1 is 0.773 bits per heavy atom. The molecule has 1 aliphatic rings. The number of nitrogens with one attached hydrogen (secondary N) is 4. The third-order valence-corrected chi connectivity index (χ3v) is 3.70. The van der Waals surface area contributed by atoms with Crippen molar-refractivity contribution in [2.75, 3.05) is 24.6 Å². The Kier molecular flexibility index (Phi) is 8.10. The SMILES string of the molecule is O=C1CCNC(=O)[C@H](CS)NC(=O)CCNC(=O)[C@H](CS)N1. The van der Waals surface area contributed by atoms with Crippen molar-refractivity contribution in [3.05, 3.63) is 0 Å². The zero-order chi connectivity index (χ0) is 16.5. The van der Waals surface area contributed by atoms with Gasteiger partial charge in [0.15, 0.2) is 0 Å². The van der Waals surface area contributed by atoms with Crippen LogP contribution in [-0.2, 0) is 19.2 Å². The Balaban J connectivity index is 2.73. The average molecular weight is 348 g/mol. The van der Waals surface area contributed by atoms with E-state index < -0.39 is 23.9 Å². The van der Waals surface area contributed by atoms with Gasteiger partial charge < -0.3 is 21.3 Å². The van der Waals surface area contributed by atoms with Crippen molar-refractivity contribution in [1.29, 1.82) is 0 Å². The number of carbonyl (C=O) groups excluding carboxylic acids is 4. The highest BCUT2D eigenvalue weighted by molar-refractivity contribution is 7.80. The quantitative estimate of drug-likeness (QED) is 0.319. The molecule has 1 heterocycles. The van der Waals surface area contributed by atoms with E-state index in [1.54, 1.807) is 0 Å². The standard InChI is InChI=1S/C12H20N4O4S2/c17-9-1-3-13-11(19)8(6-22)16-10(18)2-4-14-12(20)7(5-21)15-9/h7-8,21-22H,1-6H2,(H,13,19)(H,14,20)(H,15,17)(H,16,18)/t7-,8-/m0/s1. The normalized spacial score (nSPS) is 25.4. The van der Waals surface area contributed by atoms with E-state index in [1.165, 1.54) is 0 Å². The largest absolute Gasteiger partial charge is 0.354 e. The molecule has 0 radical (unpaired) electrons. The van der Waals surface area contributed by atoms with Crippen molar-refractivity contribution in [3.63, 3.8) is 0 Å². The van der Waals surface area contributed by atoms with Crippen LogP contribution in [0.3, 0.4) is 0 Å². The number of carbonyl (C=O) groups is 4. The first-order valence-corrected chi connectivity index (χ1v) is 8.10. The molecular formula is C12H20N4O4S2. The predicted molar refractivity (Wildman–Crippen MR) is 86.8 cm³/mol. The summed E-state index contributed by atoms with van der Waals surface area (Å²) >= 11 is 8.04. The van der Waals surface area contributed by atoms with Gasteiger partial charge in [-0.05, 0) is 0 Å². The lowest BCUT2D eigenvalue weighted by molar-refractivity contribution is -0.130. The van der Waals surface area contributed by atoms with Crippen molar-refractivity contribution in [1.82, 2.24) is 21.3 Å². The van der Waals surface area contributed by atoms with Crippen molar-refractivity contribution in [3.8, 4) is 0 Å². The summed E-state index contributed by atoms with van der Waals surface area (Å²) in [6.07, 6.45) is 0.0487. The zero-order valence-corrected chi connectivity index (χ0v) is 13.7. The summed E-state index contributed by atoms with van der Waals surface area (Å²) in [6.45, 7) is 0.206. The molecule has 1 saturated heterocycles. The Labute approximate surface area is 139 Å². The van der Waals surface area contributed by atoms with Gasteiger partial charge in [-0.2, -0.15) is 25.3 Å². The van der Waals surface area contributed by atoms with Crippen LogP contribution in [-0.4, -0.2) is 60.3 Å². The molecule has 0 aromatic rings. The van der Waals surface area contributed by atoms with Gasteiger partial charge in [-0.1, -0.05) is 0 Å². The van der Waals surface area contributed by atoms with Gasteiger partial charge in [0, 0.05) is 37.4 Å². The maximum atomic E-state index is 11.9. The van der Waals surface area contributed by atoms with E-state index in [2.05, 4.69) is 46.5 Å². The fourth-order valence-electron chi connectivity index (χ4n) is 1.77. The minimum atomic E-state index is -0.775. The van der Waals surface area contributed by atoms with E-state index in [4.69, 9.17) is 0 Å². The summed E-state index contributed by atoms with van der Waals surface area (Å²) in [4.78, 5) is 47.1. The summed E-state index contributed by atoms with van der Waals surface area (Å²) in [5.74, 6) is -1.25. The number of amides is 4. The van der Waals surface area contributed by atoms with Crippen molar-refractivity contribution in [2.45, 2.75) is 24.9 Å². The summed E-state index contributed by atoms with van der Waals surface area (Å²) in [5, 5.41) is 10.2. The first-order valence-electron chi connectivity index (χ1n) is 6.83. The summed E-state index contributed by atoms with van der Waals surface area (Å²) in [5.41, 5.74) is 0. The van der Waals surface area contributed by atoms with E-state index in [-0.39, 0.29) is 49.3 Å². The van der Waals surface area contributed by atoms with Crippen molar-refractivity contribution in [2.24, 2.45) is 0 Å². The lowest BCUT2D eigenvalue weighted by atomic mass is 10.2. The molecule has 0 bridgehead atoms. The van der Waals surface area contributed by atoms with Gasteiger partial charge in [0.25, 0.3) is 0 Å². The Bertz CT molecular complexity index is 407.